The van der Waals surface area contributed by atoms with E-state index in [0.29, 0.717) is 17.9 Å². The molecule has 0 amide bonds. The quantitative estimate of drug-likeness (QED) is 0.845. The molecule has 0 aromatic carbocycles. The summed E-state index contributed by atoms with van der Waals surface area (Å²) in [5, 5.41) is 17.0. The first-order chi connectivity index (χ1) is 7.68. The fourth-order valence-corrected chi connectivity index (χ4v) is 2.40. The number of aromatic carboxylic acids is 1. The molecule has 2 aliphatic carbocycles. The Hall–Kier alpha value is -1.39. The van der Waals surface area contributed by atoms with Crippen LogP contribution in [0.4, 0.5) is 0 Å². The van der Waals surface area contributed by atoms with Crippen molar-refractivity contribution in [1.82, 2.24) is 15.0 Å². The van der Waals surface area contributed by atoms with Gasteiger partial charge in [-0.2, -0.15) is 0 Å². The Morgan fingerprint density at radius 2 is 2.19 bits per heavy atom. The van der Waals surface area contributed by atoms with Crippen molar-refractivity contribution in [2.45, 2.75) is 44.6 Å². The number of hydrogen-bond donors (Lipinski definition) is 1. The molecule has 1 aromatic rings. The van der Waals surface area contributed by atoms with Crippen LogP contribution >= 0.6 is 0 Å². The maximum Gasteiger partial charge on any atom is 0.358 e. The molecular formula is C11H15N3O2. The van der Waals surface area contributed by atoms with E-state index < -0.39 is 5.97 Å². The molecule has 0 radical (unpaired) electrons. The van der Waals surface area contributed by atoms with E-state index in [0.717, 1.165) is 25.0 Å². The van der Waals surface area contributed by atoms with Crippen LogP contribution < -0.4 is 0 Å². The third kappa shape index (κ3) is 1.34. The lowest BCUT2D eigenvalue weighted by Gasteiger charge is -2.26. The van der Waals surface area contributed by atoms with Gasteiger partial charge in [0.2, 0.25) is 0 Å². The van der Waals surface area contributed by atoms with Crippen LogP contribution in [0.5, 0.6) is 0 Å². The highest BCUT2D eigenvalue weighted by Gasteiger charge is 2.40. The largest absolute Gasteiger partial charge is 0.476 e. The molecule has 2 atom stereocenters. The molecule has 5 nitrogen and oxygen atoms in total. The lowest BCUT2D eigenvalue weighted by Crippen LogP contribution is -2.18. The number of aromatic nitrogens is 3. The van der Waals surface area contributed by atoms with Crippen LogP contribution in [0.1, 0.15) is 60.7 Å². The Kier molecular flexibility index (Phi) is 2.02. The fourth-order valence-electron chi connectivity index (χ4n) is 2.40. The molecule has 16 heavy (non-hydrogen) atoms. The van der Waals surface area contributed by atoms with Crippen LogP contribution in [-0.2, 0) is 0 Å². The van der Waals surface area contributed by atoms with Crippen molar-refractivity contribution < 1.29 is 9.90 Å². The van der Waals surface area contributed by atoms with Gasteiger partial charge in [0, 0.05) is 5.92 Å². The number of hydrogen-bond acceptors (Lipinski definition) is 3. The molecule has 0 bridgehead atoms. The average Bonchev–Trinajstić information content (AvgIpc) is 2.72. The molecule has 0 aliphatic heterocycles. The predicted molar refractivity (Wildman–Crippen MR) is 56.4 cm³/mol. The highest BCUT2D eigenvalue weighted by atomic mass is 16.4. The molecule has 2 aliphatic rings. The van der Waals surface area contributed by atoms with E-state index in [1.165, 1.54) is 6.42 Å². The first-order valence-electron chi connectivity index (χ1n) is 5.87. The first kappa shape index (κ1) is 9.81. The van der Waals surface area contributed by atoms with E-state index in [4.69, 9.17) is 5.11 Å². The van der Waals surface area contributed by atoms with Gasteiger partial charge < -0.3 is 5.11 Å². The molecule has 0 spiro atoms. The van der Waals surface area contributed by atoms with E-state index >= 15 is 0 Å². The minimum absolute atomic E-state index is 0.170. The summed E-state index contributed by atoms with van der Waals surface area (Å²) in [5.74, 6) is 0.0394. The Morgan fingerprint density at radius 3 is 2.62 bits per heavy atom. The number of nitrogens with zero attached hydrogens (tertiary/aromatic N) is 3. The second kappa shape index (κ2) is 3.30. The van der Waals surface area contributed by atoms with Gasteiger partial charge in [0.25, 0.3) is 0 Å². The number of carbonyl (C=O) groups is 1. The van der Waals surface area contributed by atoms with Crippen molar-refractivity contribution in [2.75, 3.05) is 0 Å². The topological polar surface area (TPSA) is 68.0 Å². The standard InChI is InChI=1S/C11H15N3O2/c1-6-5-8(6)14-10(7-3-2-4-7)9(11(15)16)12-13-14/h6-8H,2-5H2,1H3,(H,15,16). The van der Waals surface area contributed by atoms with Gasteiger partial charge in [0.1, 0.15) is 0 Å². The van der Waals surface area contributed by atoms with Gasteiger partial charge in [-0.3, -0.25) is 0 Å². The van der Waals surface area contributed by atoms with Crippen LogP contribution in [0.3, 0.4) is 0 Å². The van der Waals surface area contributed by atoms with Gasteiger partial charge in [0.05, 0.1) is 11.7 Å². The smallest absolute Gasteiger partial charge is 0.358 e. The fraction of sp³-hybridized carbons (Fsp3) is 0.727. The molecule has 5 heteroatoms. The monoisotopic (exact) mass is 221 g/mol. The maximum atomic E-state index is 11.1. The molecule has 1 aromatic heterocycles. The summed E-state index contributed by atoms with van der Waals surface area (Å²) in [7, 11) is 0. The van der Waals surface area contributed by atoms with Gasteiger partial charge >= 0.3 is 5.97 Å². The number of carboxylic acid groups (broad SMARTS) is 1. The SMILES string of the molecule is CC1CC1n1nnc(C(=O)O)c1C1CCC1. The third-order valence-electron chi connectivity index (χ3n) is 3.81. The van der Waals surface area contributed by atoms with Crippen molar-refractivity contribution in [3.63, 3.8) is 0 Å². The molecule has 2 fully saturated rings. The van der Waals surface area contributed by atoms with Crippen molar-refractivity contribution in [2.24, 2.45) is 5.92 Å². The van der Waals surface area contributed by atoms with Crippen LogP contribution in [0, 0.1) is 5.92 Å². The lowest BCUT2D eigenvalue weighted by atomic mass is 9.82. The van der Waals surface area contributed by atoms with E-state index in [1.54, 1.807) is 0 Å². The Morgan fingerprint density at radius 1 is 1.50 bits per heavy atom. The van der Waals surface area contributed by atoms with Crippen LogP contribution in [-0.4, -0.2) is 26.1 Å². The molecule has 2 saturated carbocycles. The third-order valence-corrected chi connectivity index (χ3v) is 3.81. The number of rotatable bonds is 3. The van der Waals surface area contributed by atoms with Crippen molar-refractivity contribution in [1.29, 1.82) is 0 Å². The summed E-state index contributed by atoms with van der Waals surface area (Å²) in [5.41, 5.74) is 1.04. The summed E-state index contributed by atoms with van der Waals surface area (Å²) in [4.78, 5) is 11.1. The highest BCUT2D eigenvalue weighted by molar-refractivity contribution is 5.86. The van der Waals surface area contributed by atoms with Gasteiger partial charge in [-0.05, 0) is 25.2 Å². The van der Waals surface area contributed by atoms with E-state index in [1.807, 2.05) is 4.68 Å². The average molecular weight is 221 g/mol. The van der Waals surface area contributed by atoms with Gasteiger partial charge in [0.15, 0.2) is 5.69 Å². The summed E-state index contributed by atoms with van der Waals surface area (Å²) in [6.07, 6.45) is 4.45. The van der Waals surface area contributed by atoms with Crippen LogP contribution in [0.15, 0.2) is 0 Å². The van der Waals surface area contributed by atoms with E-state index in [-0.39, 0.29) is 5.69 Å². The van der Waals surface area contributed by atoms with Gasteiger partial charge in [-0.1, -0.05) is 18.6 Å². The molecule has 1 heterocycles. The summed E-state index contributed by atoms with van der Waals surface area (Å²) in [6, 6.07) is 0.385. The maximum absolute atomic E-state index is 11.1. The highest BCUT2D eigenvalue weighted by Crippen LogP contribution is 2.46. The van der Waals surface area contributed by atoms with E-state index in [2.05, 4.69) is 17.2 Å². The zero-order valence-corrected chi connectivity index (χ0v) is 9.26. The van der Waals surface area contributed by atoms with Crippen molar-refractivity contribution in [3.8, 4) is 0 Å². The lowest BCUT2D eigenvalue weighted by molar-refractivity contribution is 0.0687. The minimum Gasteiger partial charge on any atom is -0.476 e. The van der Waals surface area contributed by atoms with Crippen molar-refractivity contribution in [3.05, 3.63) is 11.4 Å². The molecule has 0 saturated heterocycles. The predicted octanol–water partition coefficient (Wildman–Crippen LogP) is 1.82. The Balaban J connectivity index is 2.00. The Labute approximate surface area is 93.5 Å². The van der Waals surface area contributed by atoms with Crippen LogP contribution in [0.2, 0.25) is 0 Å². The molecule has 3 rings (SSSR count). The second-order valence-corrected chi connectivity index (χ2v) is 4.98. The minimum atomic E-state index is -0.943. The first-order valence-corrected chi connectivity index (χ1v) is 5.87. The summed E-state index contributed by atoms with van der Waals surface area (Å²) < 4.78 is 1.87. The van der Waals surface area contributed by atoms with E-state index in [9.17, 15) is 4.79 Å². The Bertz CT molecular complexity index is 436. The summed E-state index contributed by atoms with van der Waals surface area (Å²) in [6.45, 7) is 2.16. The van der Waals surface area contributed by atoms with Crippen molar-refractivity contribution >= 4 is 5.97 Å². The van der Waals surface area contributed by atoms with Gasteiger partial charge in [-0.15, -0.1) is 5.10 Å². The van der Waals surface area contributed by atoms with Gasteiger partial charge in [-0.25, -0.2) is 9.48 Å². The normalized spacial score (nSPS) is 28.8. The second-order valence-electron chi connectivity index (χ2n) is 4.98. The molecule has 1 N–H and O–H groups in total. The summed E-state index contributed by atoms with van der Waals surface area (Å²) >= 11 is 0. The molecule has 2 unspecified atom stereocenters. The zero-order valence-electron chi connectivity index (χ0n) is 9.26. The molecular weight excluding hydrogens is 206 g/mol. The number of carboxylic acids is 1. The zero-order chi connectivity index (χ0) is 11.3. The molecule has 86 valence electrons. The van der Waals surface area contributed by atoms with Crippen LogP contribution in [0.25, 0.3) is 0 Å².